The Hall–Kier alpha value is -3.51. The number of aliphatic hydroxyl groups excluding tert-OH is 5. The Bertz CT molecular complexity index is 1430. The van der Waals surface area contributed by atoms with Crippen molar-refractivity contribution in [1.82, 2.24) is 25.1 Å². The molecule has 3 rings (SSSR count). The summed E-state index contributed by atoms with van der Waals surface area (Å²) in [4.78, 5) is 56.1. The number of likely N-dealkylation sites (N-methyl/N-ethyl adjacent to an activating group) is 3. The summed E-state index contributed by atoms with van der Waals surface area (Å²) in [6.45, 7) is 3.86. The predicted molar refractivity (Wildman–Crippen MR) is 163 cm³/mol. The van der Waals surface area contributed by atoms with Crippen LogP contribution in [-0.2, 0) is 28.5 Å². The number of nitrogens with zero attached hydrogens (tertiary/aromatic N) is 3. The number of aromatic amines is 1. The molecule has 278 valence electrons. The molecule has 0 radical (unpaired) electrons. The second-order valence-electron chi connectivity index (χ2n) is 12.6. The Morgan fingerprint density at radius 2 is 1.78 bits per heavy atom. The molecule has 1 amide bonds. The zero-order valence-corrected chi connectivity index (χ0v) is 27.7. The van der Waals surface area contributed by atoms with E-state index in [1.54, 1.807) is 20.8 Å². The minimum Gasteiger partial charge on any atom is -0.595 e. The maximum absolute atomic E-state index is 13.5. The highest BCUT2D eigenvalue weighted by molar-refractivity contribution is 5.82. The van der Waals surface area contributed by atoms with Gasteiger partial charge < -0.3 is 65.3 Å². The van der Waals surface area contributed by atoms with Crippen LogP contribution in [0.15, 0.2) is 26.8 Å². The first kappa shape index (κ1) is 39.9. The molecule has 0 spiro atoms. The molecule has 1 aromatic rings. The third-order valence-corrected chi connectivity index (χ3v) is 7.87. The van der Waals surface area contributed by atoms with E-state index in [0.29, 0.717) is 0 Å². The predicted octanol–water partition coefficient (Wildman–Crippen LogP) is -6.40. The fraction of sp³-hybridized carbons (Fsp3) is 0.750. The zero-order chi connectivity index (χ0) is 37.0. The Labute approximate surface area is 279 Å². The number of rotatable bonds is 14. The molecule has 49 heavy (non-hydrogen) atoms. The molecule has 21 nitrogen and oxygen atoms in total. The van der Waals surface area contributed by atoms with Crippen molar-refractivity contribution in [2.75, 3.05) is 34.2 Å². The number of aliphatic imine (C=N–C) groups is 1. The summed E-state index contributed by atoms with van der Waals surface area (Å²) >= 11 is 0. The van der Waals surface area contributed by atoms with E-state index >= 15 is 0 Å². The monoisotopic (exact) mass is 705 g/mol. The number of carbonyl (C=O) groups excluding carboxylic acids is 1. The number of ether oxygens (including phenoxy) is 4. The van der Waals surface area contributed by atoms with E-state index in [1.165, 1.54) is 21.1 Å². The molecule has 0 aromatic carbocycles. The van der Waals surface area contributed by atoms with E-state index in [0.717, 1.165) is 21.7 Å². The Kier molecular flexibility index (Phi) is 13.4. The van der Waals surface area contributed by atoms with Gasteiger partial charge in [-0.15, -0.1) is 0 Å². The van der Waals surface area contributed by atoms with E-state index < -0.39 is 121 Å². The lowest BCUT2D eigenvalue weighted by Crippen LogP contribution is -2.61. The summed E-state index contributed by atoms with van der Waals surface area (Å²) in [5.41, 5.74) is -2.64. The maximum Gasteiger partial charge on any atom is 0.330 e. The van der Waals surface area contributed by atoms with Crippen LogP contribution in [0.2, 0.25) is 0 Å². The average Bonchev–Trinajstić information content (AvgIpc) is 3.44. The van der Waals surface area contributed by atoms with Crippen molar-refractivity contribution in [1.29, 1.82) is 0 Å². The highest BCUT2D eigenvalue weighted by Crippen LogP contribution is 2.35. The lowest BCUT2D eigenvalue weighted by Gasteiger charge is -2.39. The number of aromatic nitrogens is 2. The van der Waals surface area contributed by atoms with Gasteiger partial charge in [0.1, 0.15) is 60.9 Å². The fourth-order valence-corrected chi connectivity index (χ4v) is 5.48. The molecular weight excluding hydrogens is 660 g/mol. The van der Waals surface area contributed by atoms with E-state index in [4.69, 9.17) is 18.9 Å². The smallest absolute Gasteiger partial charge is 0.330 e. The lowest BCUT2D eigenvalue weighted by molar-refractivity contribution is -0.261. The molecular formula is C28H45N6O15-. The first-order valence-electron chi connectivity index (χ1n) is 15.2. The van der Waals surface area contributed by atoms with E-state index in [1.807, 2.05) is 4.98 Å². The summed E-state index contributed by atoms with van der Waals surface area (Å²) in [5.74, 6) is -2.24. The largest absolute Gasteiger partial charge is 0.595 e. The van der Waals surface area contributed by atoms with Crippen LogP contribution in [0, 0.1) is 0 Å². The molecule has 2 aliphatic heterocycles. The van der Waals surface area contributed by atoms with Crippen molar-refractivity contribution < 1.29 is 64.3 Å². The fourth-order valence-electron chi connectivity index (χ4n) is 5.48. The van der Waals surface area contributed by atoms with Crippen molar-refractivity contribution in [3.63, 3.8) is 0 Å². The molecule has 2 saturated heterocycles. The number of aliphatic carboxylic acids is 1. The van der Waals surface area contributed by atoms with Gasteiger partial charge in [-0.25, -0.2) is 4.79 Å². The van der Waals surface area contributed by atoms with Gasteiger partial charge in [-0.05, 0) is 14.1 Å². The quantitative estimate of drug-likeness (QED) is 0.0642. The number of H-pyrrole nitrogens is 1. The van der Waals surface area contributed by atoms with Crippen LogP contribution in [-0.4, -0.2) is 170 Å². The topological polar surface area (TPSA) is 310 Å². The summed E-state index contributed by atoms with van der Waals surface area (Å²) in [7, 11) is 3.84. The minimum atomic E-state index is -1.91. The summed E-state index contributed by atoms with van der Waals surface area (Å²) in [5, 5.41) is 80.9. The second kappa shape index (κ2) is 16.5. The van der Waals surface area contributed by atoms with Crippen LogP contribution in [0.5, 0.6) is 0 Å². The van der Waals surface area contributed by atoms with Crippen LogP contribution in [0.3, 0.4) is 0 Å². The normalized spacial score (nSPS) is 30.2. The first-order chi connectivity index (χ1) is 22.8. The van der Waals surface area contributed by atoms with Gasteiger partial charge in [-0.1, -0.05) is 20.8 Å². The van der Waals surface area contributed by atoms with Gasteiger partial charge in [0.05, 0.1) is 12.6 Å². The number of hydrogen-bond donors (Lipinski definition) is 9. The van der Waals surface area contributed by atoms with Gasteiger partial charge in [-0.2, -0.15) is 0 Å². The van der Waals surface area contributed by atoms with Crippen LogP contribution < -0.4 is 27.0 Å². The second-order valence-corrected chi connectivity index (χ2v) is 12.6. The molecule has 1 aromatic heterocycles. The Morgan fingerprint density at radius 1 is 1.12 bits per heavy atom. The third kappa shape index (κ3) is 9.60. The van der Waals surface area contributed by atoms with E-state index in [2.05, 4.69) is 15.6 Å². The van der Waals surface area contributed by atoms with Crippen molar-refractivity contribution in [3.8, 4) is 0 Å². The molecule has 12 atom stereocenters. The molecule has 0 saturated carbocycles. The number of hydrogen-bond acceptors (Lipinski definition) is 17. The number of nitrogens with one attached hydrogen (secondary N) is 3. The zero-order valence-electron chi connectivity index (χ0n) is 27.7. The molecule has 8 unspecified atom stereocenters. The van der Waals surface area contributed by atoms with Crippen LogP contribution in [0.4, 0.5) is 0 Å². The SMILES string of the molecule is CNC(=O)[C@H]([C@H](OC1OC(CN=C([O-])OC(C)(C)C)C(O)C1O)C1OC(n2ccc(=O)[nH]c2=O)C(O)C1O)N(C)C[C@H](O)[C@H](NC)C(=O)O. The number of aliphatic hydroxyl groups is 5. The first-order valence-corrected chi connectivity index (χ1v) is 15.2. The van der Waals surface area contributed by atoms with Gasteiger partial charge >= 0.3 is 11.7 Å². The van der Waals surface area contributed by atoms with Crippen molar-refractivity contribution >= 4 is 18.0 Å². The molecule has 2 aliphatic rings. The molecule has 0 bridgehead atoms. The maximum atomic E-state index is 13.5. The van der Waals surface area contributed by atoms with Gasteiger partial charge in [0.15, 0.2) is 12.5 Å². The molecule has 3 heterocycles. The molecule has 21 heteroatoms. The van der Waals surface area contributed by atoms with Gasteiger partial charge in [-0.3, -0.25) is 33.8 Å². The highest BCUT2D eigenvalue weighted by Gasteiger charge is 2.55. The molecule has 9 N–H and O–H groups in total. The standard InChI is InChI=1S/C28H46N6O15/c1-28(2,3)49-27(45)31-9-12-16(37)19(40)25(46-12)48-20(15(22(41)30-5)33(6)10-11(35)14(29-4)24(42)43)21-17(38)18(39)23(47-21)34-8-7-13(36)32-26(34)44/h7-8,11-12,14-21,23,25,29,35,37-40H,9-10H2,1-6H3,(H,30,41)(H,31,45)(H,42,43)(H,32,36,44)/p-1/t11-,12?,14-,15-,16?,17?,18?,19?,20-,21?,23?,25?/m0/s1. The van der Waals surface area contributed by atoms with Crippen molar-refractivity contribution in [3.05, 3.63) is 33.1 Å². The minimum absolute atomic E-state index is 0.484. The lowest BCUT2D eigenvalue weighted by atomic mass is 9.96. The summed E-state index contributed by atoms with van der Waals surface area (Å²) < 4.78 is 23.5. The third-order valence-electron chi connectivity index (χ3n) is 7.87. The summed E-state index contributed by atoms with van der Waals surface area (Å²) in [6.07, 6.45) is -17.1. The average molecular weight is 706 g/mol. The van der Waals surface area contributed by atoms with E-state index in [-0.39, 0.29) is 0 Å². The van der Waals surface area contributed by atoms with Crippen LogP contribution >= 0.6 is 0 Å². The molecule has 0 aliphatic carbocycles. The van der Waals surface area contributed by atoms with Crippen molar-refractivity contribution in [2.24, 2.45) is 4.99 Å². The number of amides is 1. The number of carboxylic acids is 1. The summed E-state index contributed by atoms with van der Waals surface area (Å²) in [6, 6.07) is -2.13. The van der Waals surface area contributed by atoms with Crippen LogP contribution in [0.25, 0.3) is 0 Å². The highest BCUT2D eigenvalue weighted by atomic mass is 16.7. The molecule has 2 fully saturated rings. The van der Waals surface area contributed by atoms with Crippen LogP contribution in [0.1, 0.15) is 27.0 Å². The van der Waals surface area contributed by atoms with Gasteiger partial charge in [0.25, 0.3) is 5.56 Å². The Morgan fingerprint density at radius 3 is 2.33 bits per heavy atom. The number of carboxylic acid groups (broad SMARTS) is 1. The van der Waals surface area contributed by atoms with Crippen molar-refractivity contribution in [2.45, 2.75) is 99.8 Å². The Balaban J connectivity index is 2.01. The van der Waals surface area contributed by atoms with E-state index in [9.17, 15) is 54.9 Å². The van der Waals surface area contributed by atoms with Gasteiger partial charge in [0.2, 0.25) is 5.91 Å². The number of carbonyl (C=O) groups is 2. The van der Waals surface area contributed by atoms with Gasteiger partial charge in [0, 0.05) is 31.5 Å².